The normalized spacial score (nSPS) is 12.0. The van der Waals surface area contributed by atoms with Crippen LogP contribution in [-0.4, -0.2) is 30.9 Å². The molecule has 1 amide bonds. The molecule has 0 fully saturated rings. The van der Waals surface area contributed by atoms with Crippen LogP contribution in [0, 0.1) is 5.82 Å². The minimum atomic E-state index is -0.531. The fraction of sp³-hybridized carbons (Fsp3) is 0.222. The summed E-state index contributed by atoms with van der Waals surface area (Å²) in [5, 5.41) is 11.4. The number of amides is 1. The van der Waals surface area contributed by atoms with Crippen LogP contribution in [0.4, 0.5) is 10.1 Å². The van der Waals surface area contributed by atoms with Crippen LogP contribution < -0.4 is 5.32 Å². The number of carbonyl (C=O) groups excluding carboxylic acids is 1. The molecule has 3 aromatic rings. The lowest BCUT2D eigenvalue weighted by molar-refractivity contribution is -0.115. The van der Waals surface area contributed by atoms with Gasteiger partial charge in [0.25, 0.3) is 0 Å². The van der Waals surface area contributed by atoms with E-state index in [4.69, 9.17) is 11.6 Å². The number of aromatic nitrogens is 4. The maximum Gasteiger partial charge on any atom is 0.237 e. The van der Waals surface area contributed by atoms with Crippen molar-refractivity contribution >= 4 is 35.0 Å². The molecule has 1 aromatic carbocycles. The molecule has 2 aromatic heterocycles. The zero-order valence-corrected chi connectivity index (χ0v) is 16.3. The lowest BCUT2D eigenvalue weighted by Gasteiger charge is -2.13. The second-order valence-electron chi connectivity index (χ2n) is 5.66. The largest absolute Gasteiger partial charge is 0.325 e. The number of hydrogen-bond donors (Lipinski definition) is 1. The summed E-state index contributed by atoms with van der Waals surface area (Å²) in [5.74, 6) is -0.0455. The van der Waals surface area contributed by atoms with Crippen molar-refractivity contribution in [3.63, 3.8) is 0 Å². The first-order chi connectivity index (χ1) is 13.0. The second kappa shape index (κ2) is 8.49. The Morgan fingerprint density at radius 2 is 2.04 bits per heavy atom. The van der Waals surface area contributed by atoms with Gasteiger partial charge in [0.2, 0.25) is 5.91 Å². The van der Waals surface area contributed by atoms with E-state index in [1.54, 1.807) is 19.3 Å². The van der Waals surface area contributed by atoms with Gasteiger partial charge in [0.1, 0.15) is 5.82 Å². The number of benzene rings is 1. The van der Waals surface area contributed by atoms with E-state index in [0.29, 0.717) is 17.4 Å². The summed E-state index contributed by atoms with van der Waals surface area (Å²) in [6, 6.07) is 7.78. The van der Waals surface area contributed by atoms with Crippen molar-refractivity contribution in [3.05, 3.63) is 53.6 Å². The van der Waals surface area contributed by atoms with Gasteiger partial charge in [-0.25, -0.2) is 4.39 Å². The lowest BCUT2D eigenvalue weighted by atomic mass is 10.2. The van der Waals surface area contributed by atoms with Gasteiger partial charge in [-0.2, -0.15) is 0 Å². The average Bonchev–Trinajstić information content (AvgIpc) is 3.08. The third kappa shape index (κ3) is 4.45. The molecule has 0 saturated heterocycles. The number of hydrogen-bond acceptors (Lipinski definition) is 5. The maximum absolute atomic E-state index is 13.2. The Bertz CT molecular complexity index is 950. The molecule has 9 heteroatoms. The first kappa shape index (κ1) is 19.3. The Kier molecular flexibility index (Phi) is 6.08. The van der Waals surface area contributed by atoms with Gasteiger partial charge in [-0.1, -0.05) is 23.4 Å². The molecule has 0 aliphatic rings. The molecule has 140 valence electrons. The van der Waals surface area contributed by atoms with Crippen LogP contribution in [0.15, 0.2) is 47.9 Å². The van der Waals surface area contributed by atoms with Gasteiger partial charge in [-0.05, 0) is 44.2 Å². The Balaban J connectivity index is 1.73. The highest BCUT2D eigenvalue weighted by molar-refractivity contribution is 8.00. The smallest absolute Gasteiger partial charge is 0.237 e. The standard InChI is InChI=1S/C18H17ClFN5OS/c1-3-25-16(12-6-8-21-9-7-12)23-24-18(25)27-11(2)17(26)22-13-4-5-15(20)14(19)10-13/h4-11H,3H2,1-2H3,(H,22,26)/t11-/m1/s1. The Morgan fingerprint density at radius 1 is 1.30 bits per heavy atom. The molecule has 6 nitrogen and oxygen atoms in total. The van der Waals surface area contributed by atoms with Crippen molar-refractivity contribution in [2.45, 2.75) is 30.8 Å². The summed E-state index contributed by atoms with van der Waals surface area (Å²) in [7, 11) is 0. The number of carbonyl (C=O) groups is 1. The lowest BCUT2D eigenvalue weighted by Crippen LogP contribution is -2.23. The number of nitrogens with zero attached hydrogens (tertiary/aromatic N) is 4. The van der Waals surface area contributed by atoms with Gasteiger partial charge in [0.05, 0.1) is 10.3 Å². The van der Waals surface area contributed by atoms with Crippen molar-refractivity contribution in [3.8, 4) is 11.4 Å². The highest BCUT2D eigenvalue weighted by Gasteiger charge is 2.20. The van der Waals surface area contributed by atoms with Crippen LogP contribution >= 0.6 is 23.4 Å². The molecule has 0 unspecified atom stereocenters. The monoisotopic (exact) mass is 405 g/mol. The van der Waals surface area contributed by atoms with E-state index in [2.05, 4.69) is 20.5 Å². The molecule has 2 heterocycles. The number of halogens is 2. The van der Waals surface area contributed by atoms with E-state index in [-0.39, 0.29) is 10.9 Å². The average molecular weight is 406 g/mol. The molecule has 1 atom stereocenters. The molecule has 0 bridgehead atoms. The minimum Gasteiger partial charge on any atom is -0.325 e. The molecule has 0 aliphatic carbocycles. The zero-order chi connectivity index (χ0) is 19.4. The summed E-state index contributed by atoms with van der Waals surface area (Å²) in [6.45, 7) is 4.42. The van der Waals surface area contributed by atoms with Gasteiger partial charge in [0, 0.05) is 30.2 Å². The number of anilines is 1. The van der Waals surface area contributed by atoms with E-state index in [1.165, 1.54) is 30.0 Å². The molecule has 0 spiro atoms. The van der Waals surface area contributed by atoms with Crippen LogP contribution in [0.5, 0.6) is 0 Å². The van der Waals surface area contributed by atoms with Crippen LogP contribution in [0.2, 0.25) is 5.02 Å². The molecule has 3 rings (SSSR count). The highest BCUT2D eigenvalue weighted by atomic mass is 35.5. The quantitative estimate of drug-likeness (QED) is 0.620. The van der Waals surface area contributed by atoms with Gasteiger partial charge < -0.3 is 9.88 Å². The van der Waals surface area contributed by atoms with Gasteiger partial charge in [-0.3, -0.25) is 9.78 Å². The van der Waals surface area contributed by atoms with Gasteiger partial charge in [0.15, 0.2) is 11.0 Å². The van der Waals surface area contributed by atoms with E-state index < -0.39 is 11.1 Å². The number of thioether (sulfide) groups is 1. The molecular weight excluding hydrogens is 389 g/mol. The van der Waals surface area contributed by atoms with Crippen molar-refractivity contribution in [1.82, 2.24) is 19.7 Å². The summed E-state index contributed by atoms with van der Waals surface area (Å²) < 4.78 is 15.2. The Labute approximate surface area is 165 Å². The first-order valence-corrected chi connectivity index (χ1v) is 9.51. The van der Waals surface area contributed by atoms with Crippen molar-refractivity contribution in [2.24, 2.45) is 0 Å². The molecule has 1 N–H and O–H groups in total. The molecule has 0 radical (unpaired) electrons. The van der Waals surface area contributed by atoms with Crippen molar-refractivity contribution in [1.29, 1.82) is 0 Å². The predicted octanol–water partition coefficient (Wildman–Crippen LogP) is 4.27. The van der Waals surface area contributed by atoms with Crippen LogP contribution in [-0.2, 0) is 11.3 Å². The van der Waals surface area contributed by atoms with E-state index in [1.807, 2.05) is 23.6 Å². The number of nitrogens with one attached hydrogen (secondary N) is 1. The molecule has 27 heavy (non-hydrogen) atoms. The molecule has 0 saturated carbocycles. The summed E-state index contributed by atoms with van der Waals surface area (Å²) >= 11 is 7.05. The summed E-state index contributed by atoms with van der Waals surface area (Å²) in [5.41, 5.74) is 1.34. The third-order valence-corrected chi connectivity index (χ3v) is 5.18. The van der Waals surface area contributed by atoms with E-state index >= 15 is 0 Å². The van der Waals surface area contributed by atoms with Crippen molar-refractivity contribution < 1.29 is 9.18 Å². The van der Waals surface area contributed by atoms with Crippen LogP contribution in [0.3, 0.4) is 0 Å². The fourth-order valence-corrected chi connectivity index (χ4v) is 3.50. The predicted molar refractivity (Wildman–Crippen MR) is 104 cm³/mol. The van der Waals surface area contributed by atoms with Gasteiger partial charge in [-0.15, -0.1) is 10.2 Å². The van der Waals surface area contributed by atoms with Crippen molar-refractivity contribution in [2.75, 3.05) is 5.32 Å². The van der Waals surface area contributed by atoms with E-state index in [0.717, 1.165) is 11.4 Å². The topological polar surface area (TPSA) is 72.7 Å². The Morgan fingerprint density at radius 3 is 2.70 bits per heavy atom. The van der Waals surface area contributed by atoms with Crippen LogP contribution in [0.1, 0.15) is 13.8 Å². The Hall–Kier alpha value is -2.45. The SMILES string of the molecule is CCn1c(S[C@H](C)C(=O)Nc2ccc(F)c(Cl)c2)nnc1-c1ccncc1. The van der Waals surface area contributed by atoms with Crippen LogP contribution in [0.25, 0.3) is 11.4 Å². The second-order valence-corrected chi connectivity index (χ2v) is 7.38. The molecular formula is C18H17ClFN5OS. The summed E-state index contributed by atoms with van der Waals surface area (Å²) in [6.07, 6.45) is 3.39. The fourth-order valence-electron chi connectivity index (χ4n) is 2.40. The molecule has 0 aliphatic heterocycles. The zero-order valence-electron chi connectivity index (χ0n) is 14.7. The highest BCUT2D eigenvalue weighted by Crippen LogP contribution is 2.27. The third-order valence-electron chi connectivity index (χ3n) is 3.81. The first-order valence-electron chi connectivity index (χ1n) is 8.25. The number of rotatable bonds is 6. The summed E-state index contributed by atoms with van der Waals surface area (Å²) in [4.78, 5) is 16.5. The minimum absolute atomic E-state index is 0.0409. The van der Waals surface area contributed by atoms with Gasteiger partial charge >= 0.3 is 0 Å². The van der Waals surface area contributed by atoms with E-state index in [9.17, 15) is 9.18 Å². The number of pyridine rings is 1. The maximum atomic E-state index is 13.2.